The molecule has 1 aliphatic heterocycles. The van der Waals surface area contributed by atoms with Gasteiger partial charge in [-0.2, -0.15) is 0 Å². The molecule has 35 heavy (non-hydrogen) atoms. The molecule has 2 aromatic heterocycles. The van der Waals surface area contributed by atoms with Crippen LogP contribution in [-0.4, -0.2) is 39.7 Å². The Balaban J connectivity index is 1.53. The Morgan fingerprint density at radius 2 is 2.06 bits per heavy atom. The fraction of sp³-hybridized carbons (Fsp3) is 0.321. The molecule has 0 aliphatic carbocycles. The number of anilines is 2. The minimum Gasteiger partial charge on any atom is -0.398 e. The van der Waals surface area contributed by atoms with E-state index in [0.717, 1.165) is 66.2 Å². The van der Waals surface area contributed by atoms with Gasteiger partial charge in [0.1, 0.15) is 0 Å². The highest BCUT2D eigenvalue weighted by Crippen LogP contribution is 2.28. The maximum Gasteiger partial charge on any atom is 0.0706 e. The summed E-state index contributed by atoms with van der Waals surface area (Å²) in [5.41, 5.74) is 14.2. The normalized spacial score (nSPS) is 16.0. The average molecular weight is 470 g/mol. The van der Waals surface area contributed by atoms with E-state index in [2.05, 4.69) is 44.2 Å². The smallest absolute Gasteiger partial charge is 0.0706 e. The second-order valence-electron chi connectivity index (χ2n) is 9.27. The minimum atomic E-state index is 0.317. The molecular formula is C28H35N7. The Bertz CT molecular complexity index is 1190. The number of pyridine rings is 2. The van der Waals surface area contributed by atoms with Gasteiger partial charge in [0, 0.05) is 72.0 Å². The lowest BCUT2D eigenvalue weighted by atomic mass is 9.97. The number of nitrogen functional groups attached to an aromatic ring is 1. The average Bonchev–Trinajstić information content (AvgIpc) is 2.85. The van der Waals surface area contributed by atoms with E-state index in [-0.39, 0.29) is 0 Å². The number of likely N-dealkylation sites (tertiary alicyclic amines) is 1. The van der Waals surface area contributed by atoms with Gasteiger partial charge in [-0.25, -0.2) is 0 Å². The van der Waals surface area contributed by atoms with Gasteiger partial charge < -0.3 is 16.4 Å². The third-order valence-corrected chi connectivity index (χ3v) is 6.41. The number of nitrogens with one attached hydrogen (secondary N) is 3. The molecule has 5 N–H and O–H groups in total. The standard InChI is InChI=1S/C28H35N7/c1-4-31-16-23-13-25(28(30)22-9-10-32-20(3)12-22)26(29)14-27(23)34-24-6-5-11-35(18-24)17-21-8-7-19(2)33-15-21/h4,7-10,12-15,24,30-31,34H,1,5-6,11,16-18,29H2,2-3H3. The Hall–Kier alpha value is -3.71. The first kappa shape index (κ1) is 24.4. The molecule has 1 aromatic carbocycles. The quantitative estimate of drug-likeness (QED) is 0.274. The summed E-state index contributed by atoms with van der Waals surface area (Å²) in [7, 11) is 0. The highest BCUT2D eigenvalue weighted by atomic mass is 15.2. The maximum atomic E-state index is 8.77. The van der Waals surface area contributed by atoms with E-state index in [0.29, 0.717) is 24.0 Å². The molecule has 1 aliphatic rings. The van der Waals surface area contributed by atoms with Crippen molar-refractivity contribution in [2.24, 2.45) is 0 Å². The number of piperidine rings is 1. The van der Waals surface area contributed by atoms with Gasteiger partial charge in [-0.1, -0.05) is 12.6 Å². The first-order chi connectivity index (χ1) is 16.9. The predicted molar refractivity (Wildman–Crippen MR) is 144 cm³/mol. The van der Waals surface area contributed by atoms with Crippen molar-refractivity contribution in [2.75, 3.05) is 24.1 Å². The number of nitrogens with two attached hydrogens (primary N) is 1. The predicted octanol–water partition coefficient (Wildman–Crippen LogP) is 4.40. The lowest BCUT2D eigenvalue weighted by molar-refractivity contribution is 0.208. The van der Waals surface area contributed by atoms with E-state index in [4.69, 9.17) is 11.1 Å². The van der Waals surface area contributed by atoms with Crippen LogP contribution in [0, 0.1) is 19.3 Å². The lowest BCUT2D eigenvalue weighted by Crippen LogP contribution is -2.41. The van der Waals surface area contributed by atoms with Gasteiger partial charge in [0.15, 0.2) is 0 Å². The Morgan fingerprint density at radius 3 is 2.80 bits per heavy atom. The SMILES string of the molecule is C=CNCc1cc(C(=N)c2ccnc(C)c2)c(N)cc1NC1CCCN(Cc2ccc(C)nc2)C1. The monoisotopic (exact) mass is 469 g/mol. The third-order valence-electron chi connectivity index (χ3n) is 6.41. The summed E-state index contributed by atoms with van der Waals surface area (Å²) in [5, 5.41) is 15.7. The van der Waals surface area contributed by atoms with E-state index in [1.807, 2.05) is 44.3 Å². The third kappa shape index (κ3) is 6.25. The van der Waals surface area contributed by atoms with Gasteiger partial charge in [0.05, 0.1) is 5.71 Å². The molecule has 4 rings (SSSR count). The van der Waals surface area contributed by atoms with Crippen LogP contribution in [0.3, 0.4) is 0 Å². The van der Waals surface area contributed by atoms with Crippen molar-refractivity contribution < 1.29 is 0 Å². The van der Waals surface area contributed by atoms with Crippen molar-refractivity contribution >= 4 is 17.1 Å². The number of aromatic nitrogens is 2. The molecule has 7 heteroatoms. The summed E-state index contributed by atoms with van der Waals surface area (Å²) >= 11 is 0. The molecule has 3 heterocycles. The summed E-state index contributed by atoms with van der Waals surface area (Å²) in [6.45, 7) is 11.3. The first-order valence-corrected chi connectivity index (χ1v) is 12.1. The Kier molecular flexibility index (Phi) is 7.77. The van der Waals surface area contributed by atoms with Crippen molar-refractivity contribution in [2.45, 2.75) is 45.8 Å². The molecule has 1 fully saturated rings. The molecule has 0 spiro atoms. The molecule has 7 nitrogen and oxygen atoms in total. The van der Waals surface area contributed by atoms with Crippen molar-refractivity contribution in [3.63, 3.8) is 0 Å². The zero-order valence-corrected chi connectivity index (χ0v) is 20.6. The molecule has 1 saturated heterocycles. The van der Waals surface area contributed by atoms with Crippen LogP contribution in [0.5, 0.6) is 0 Å². The van der Waals surface area contributed by atoms with Gasteiger partial charge in [-0.15, -0.1) is 0 Å². The van der Waals surface area contributed by atoms with Crippen LogP contribution in [0.15, 0.2) is 61.6 Å². The topological polar surface area (TPSA) is 103 Å². The fourth-order valence-electron chi connectivity index (χ4n) is 4.58. The van der Waals surface area contributed by atoms with Crippen molar-refractivity contribution in [1.29, 1.82) is 5.41 Å². The largest absolute Gasteiger partial charge is 0.398 e. The minimum absolute atomic E-state index is 0.317. The zero-order valence-electron chi connectivity index (χ0n) is 20.6. The second-order valence-corrected chi connectivity index (χ2v) is 9.27. The summed E-state index contributed by atoms with van der Waals surface area (Å²) < 4.78 is 0. The van der Waals surface area contributed by atoms with Gasteiger partial charge >= 0.3 is 0 Å². The molecule has 1 unspecified atom stereocenters. The van der Waals surface area contributed by atoms with Crippen LogP contribution in [0.1, 0.15) is 46.5 Å². The summed E-state index contributed by atoms with van der Waals surface area (Å²) in [6.07, 6.45) is 7.63. The number of hydrogen-bond donors (Lipinski definition) is 4. The molecule has 0 radical (unpaired) electrons. The molecule has 1 atom stereocenters. The maximum absolute atomic E-state index is 8.77. The first-order valence-electron chi connectivity index (χ1n) is 12.1. The molecule has 0 saturated carbocycles. The number of nitrogens with zero attached hydrogens (tertiary/aromatic N) is 3. The van der Waals surface area contributed by atoms with Crippen LogP contribution in [0.2, 0.25) is 0 Å². The van der Waals surface area contributed by atoms with Crippen LogP contribution < -0.4 is 16.4 Å². The van der Waals surface area contributed by atoms with Crippen LogP contribution in [0.4, 0.5) is 11.4 Å². The number of benzene rings is 1. The summed E-state index contributed by atoms with van der Waals surface area (Å²) in [4.78, 5) is 11.2. The number of rotatable bonds is 9. The number of hydrogen-bond acceptors (Lipinski definition) is 7. The van der Waals surface area contributed by atoms with Crippen molar-refractivity contribution in [1.82, 2.24) is 20.2 Å². The van der Waals surface area contributed by atoms with E-state index in [9.17, 15) is 0 Å². The van der Waals surface area contributed by atoms with E-state index in [1.165, 1.54) is 5.56 Å². The van der Waals surface area contributed by atoms with E-state index >= 15 is 0 Å². The van der Waals surface area contributed by atoms with Crippen molar-refractivity contribution in [3.05, 3.63) is 95.2 Å². The Morgan fingerprint density at radius 1 is 1.20 bits per heavy atom. The van der Waals surface area contributed by atoms with Gasteiger partial charge in [0.2, 0.25) is 0 Å². The summed E-state index contributed by atoms with van der Waals surface area (Å²) in [6, 6.07) is 12.3. The Labute approximate surface area is 208 Å². The zero-order chi connectivity index (χ0) is 24.8. The highest BCUT2D eigenvalue weighted by molar-refractivity contribution is 6.14. The van der Waals surface area contributed by atoms with Gasteiger partial charge in [0.25, 0.3) is 0 Å². The van der Waals surface area contributed by atoms with Gasteiger partial charge in [-0.3, -0.25) is 20.3 Å². The number of aryl methyl sites for hydroxylation is 2. The lowest BCUT2D eigenvalue weighted by Gasteiger charge is -2.34. The van der Waals surface area contributed by atoms with Crippen LogP contribution in [-0.2, 0) is 13.1 Å². The highest BCUT2D eigenvalue weighted by Gasteiger charge is 2.22. The van der Waals surface area contributed by atoms with E-state index in [1.54, 1.807) is 12.4 Å². The molecule has 0 bridgehead atoms. The summed E-state index contributed by atoms with van der Waals surface area (Å²) in [5.74, 6) is 0. The fourth-order valence-corrected chi connectivity index (χ4v) is 4.58. The molecular weight excluding hydrogens is 434 g/mol. The second kappa shape index (κ2) is 11.1. The van der Waals surface area contributed by atoms with Crippen LogP contribution >= 0.6 is 0 Å². The van der Waals surface area contributed by atoms with Gasteiger partial charge in [-0.05, 0) is 80.9 Å². The van der Waals surface area contributed by atoms with Crippen molar-refractivity contribution in [3.8, 4) is 0 Å². The van der Waals surface area contributed by atoms with Crippen LogP contribution in [0.25, 0.3) is 0 Å². The van der Waals surface area contributed by atoms with E-state index < -0.39 is 0 Å². The molecule has 0 amide bonds. The molecule has 3 aromatic rings. The molecule has 182 valence electrons.